The molecular formula is C9H14N4O2. The van der Waals surface area contributed by atoms with Crippen molar-refractivity contribution in [2.24, 2.45) is 0 Å². The molecule has 6 nitrogen and oxygen atoms in total. The van der Waals surface area contributed by atoms with Gasteiger partial charge in [0.15, 0.2) is 0 Å². The number of carbonyl (C=O) groups is 1. The lowest BCUT2D eigenvalue weighted by Gasteiger charge is -2.09. The van der Waals surface area contributed by atoms with Gasteiger partial charge in [0.05, 0.1) is 18.3 Å². The first kappa shape index (κ1) is 10.1. The van der Waals surface area contributed by atoms with E-state index in [1.807, 2.05) is 0 Å². The molecule has 1 fully saturated rings. The number of β-amino-alcohol motifs (C(OH)–C–C–N with tert-alkyl or cyclic N) is 1. The Morgan fingerprint density at radius 1 is 1.73 bits per heavy atom. The predicted octanol–water partition coefficient (Wildman–Crippen LogP) is -1.25. The zero-order chi connectivity index (χ0) is 10.7. The molecular weight excluding hydrogens is 196 g/mol. The maximum Gasteiger partial charge on any atom is 0.237 e. The highest BCUT2D eigenvalue weighted by Crippen LogP contribution is 2.06. The summed E-state index contributed by atoms with van der Waals surface area (Å²) in [6.45, 7) is 0.952. The highest BCUT2D eigenvalue weighted by molar-refractivity contribution is 5.82. The average molecular weight is 210 g/mol. The topological polar surface area (TPSA) is 90.0 Å². The minimum Gasteiger partial charge on any atom is -0.392 e. The van der Waals surface area contributed by atoms with Crippen LogP contribution in [0.5, 0.6) is 0 Å². The van der Waals surface area contributed by atoms with Crippen molar-refractivity contribution in [1.29, 1.82) is 0 Å². The largest absolute Gasteiger partial charge is 0.392 e. The smallest absolute Gasteiger partial charge is 0.237 e. The molecule has 1 amide bonds. The second-order valence-electron chi connectivity index (χ2n) is 3.67. The molecule has 0 radical (unpaired) electrons. The molecule has 1 aliphatic rings. The number of hydrogen-bond acceptors (Lipinski definition) is 4. The van der Waals surface area contributed by atoms with Crippen molar-refractivity contribution < 1.29 is 9.90 Å². The van der Waals surface area contributed by atoms with Gasteiger partial charge in [0, 0.05) is 24.8 Å². The predicted molar refractivity (Wildman–Crippen MR) is 52.8 cm³/mol. The van der Waals surface area contributed by atoms with Crippen LogP contribution in [-0.4, -0.2) is 39.9 Å². The summed E-state index contributed by atoms with van der Waals surface area (Å²) in [4.78, 5) is 11.6. The van der Waals surface area contributed by atoms with Gasteiger partial charge in [-0.15, -0.1) is 0 Å². The van der Waals surface area contributed by atoms with Crippen molar-refractivity contribution >= 4 is 5.91 Å². The van der Waals surface area contributed by atoms with Crippen molar-refractivity contribution in [3.63, 3.8) is 0 Å². The molecule has 15 heavy (non-hydrogen) atoms. The van der Waals surface area contributed by atoms with Crippen LogP contribution in [0, 0.1) is 0 Å². The molecule has 1 saturated heterocycles. The normalized spacial score (nSPS) is 25.4. The van der Waals surface area contributed by atoms with Crippen molar-refractivity contribution in [3.8, 4) is 0 Å². The number of H-pyrrole nitrogens is 1. The SMILES string of the molecule is O=C(NCc1cn[nH]c1)C1CC(O)CN1. The Morgan fingerprint density at radius 3 is 3.20 bits per heavy atom. The first-order valence-electron chi connectivity index (χ1n) is 4.92. The molecule has 0 spiro atoms. The summed E-state index contributed by atoms with van der Waals surface area (Å²) in [5.41, 5.74) is 0.932. The van der Waals surface area contributed by atoms with Gasteiger partial charge in [-0.1, -0.05) is 0 Å². The standard InChI is InChI=1S/C9H14N4O2/c14-7-1-8(10-5-7)9(15)11-2-6-3-12-13-4-6/h3-4,7-8,10,14H,1-2,5H2,(H,11,15)(H,12,13). The minimum atomic E-state index is -0.408. The van der Waals surface area contributed by atoms with E-state index in [1.54, 1.807) is 12.4 Å². The van der Waals surface area contributed by atoms with E-state index in [4.69, 9.17) is 0 Å². The quantitative estimate of drug-likeness (QED) is 0.502. The third kappa shape index (κ3) is 2.54. The first-order valence-corrected chi connectivity index (χ1v) is 4.92. The average Bonchev–Trinajstić information content (AvgIpc) is 2.84. The molecule has 4 N–H and O–H groups in total. The Hall–Kier alpha value is -1.40. The van der Waals surface area contributed by atoms with Gasteiger partial charge in [0.1, 0.15) is 0 Å². The summed E-state index contributed by atoms with van der Waals surface area (Å²) in [6.07, 6.45) is 3.47. The fourth-order valence-electron chi connectivity index (χ4n) is 1.60. The fraction of sp³-hybridized carbons (Fsp3) is 0.556. The Labute approximate surface area is 87.1 Å². The van der Waals surface area contributed by atoms with Gasteiger partial charge in [-0.2, -0.15) is 5.10 Å². The van der Waals surface area contributed by atoms with E-state index in [9.17, 15) is 9.90 Å². The minimum absolute atomic E-state index is 0.0762. The summed E-state index contributed by atoms with van der Waals surface area (Å²) >= 11 is 0. The summed E-state index contributed by atoms with van der Waals surface area (Å²) in [6, 6.07) is -0.271. The number of aromatic nitrogens is 2. The van der Waals surface area contributed by atoms with Crippen LogP contribution in [0.4, 0.5) is 0 Å². The summed E-state index contributed by atoms with van der Waals surface area (Å²) in [5, 5.41) is 21.4. The van der Waals surface area contributed by atoms with Crippen LogP contribution in [0.15, 0.2) is 12.4 Å². The molecule has 0 aromatic carbocycles. The zero-order valence-electron chi connectivity index (χ0n) is 8.23. The highest BCUT2D eigenvalue weighted by Gasteiger charge is 2.27. The first-order chi connectivity index (χ1) is 7.25. The van der Waals surface area contributed by atoms with Gasteiger partial charge in [-0.05, 0) is 6.42 Å². The van der Waals surface area contributed by atoms with Gasteiger partial charge in [-0.3, -0.25) is 9.89 Å². The third-order valence-electron chi connectivity index (χ3n) is 2.45. The van der Waals surface area contributed by atoms with Crippen molar-refractivity contribution in [3.05, 3.63) is 18.0 Å². The molecule has 2 unspecified atom stereocenters. The zero-order valence-corrected chi connectivity index (χ0v) is 8.23. The van der Waals surface area contributed by atoms with Crippen molar-refractivity contribution in [2.75, 3.05) is 6.54 Å². The monoisotopic (exact) mass is 210 g/mol. The summed E-state index contributed by atoms with van der Waals surface area (Å²) in [5.74, 6) is -0.0762. The molecule has 2 atom stereocenters. The molecule has 1 aliphatic heterocycles. The summed E-state index contributed by atoms with van der Waals surface area (Å²) in [7, 11) is 0. The van der Waals surface area contributed by atoms with Crippen LogP contribution in [0.1, 0.15) is 12.0 Å². The molecule has 2 rings (SSSR count). The maximum atomic E-state index is 11.6. The Bertz CT molecular complexity index is 325. The van der Waals surface area contributed by atoms with E-state index in [2.05, 4.69) is 20.8 Å². The van der Waals surface area contributed by atoms with E-state index in [1.165, 1.54) is 0 Å². The Balaban J connectivity index is 1.78. The van der Waals surface area contributed by atoms with Crippen LogP contribution in [0.25, 0.3) is 0 Å². The molecule has 2 heterocycles. The van der Waals surface area contributed by atoms with Gasteiger partial charge in [-0.25, -0.2) is 0 Å². The fourth-order valence-corrected chi connectivity index (χ4v) is 1.60. The van der Waals surface area contributed by atoms with Crippen molar-refractivity contribution in [2.45, 2.75) is 25.1 Å². The molecule has 82 valence electrons. The molecule has 6 heteroatoms. The molecule has 1 aromatic heterocycles. The van der Waals surface area contributed by atoms with E-state index in [0.29, 0.717) is 19.5 Å². The van der Waals surface area contributed by atoms with Gasteiger partial charge < -0.3 is 15.7 Å². The number of nitrogens with one attached hydrogen (secondary N) is 3. The number of aromatic amines is 1. The number of aliphatic hydroxyl groups excluding tert-OH is 1. The number of nitrogens with zero attached hydrogens (tertiary/aromatic N) is 1. The molecule has 1 aromatic rings. The Kier molecular flexibility index (Phi) is 2.98. The van der Waals surface area contributed by atoms with Crippen LogP contribution in [0.2, 0.25) is 0 Å². The van der Waals surface area contributed by atoms with Gasteiger partial charge >= 0.3 is 0 Å². The molecule has 0 bridgehead atoms. The third-order valence-corrected chi connectivity index (χ3v) is 2.45. The number of aliphatic hydroxyl groups is 1. The number of hydrogen-bond donors (Lipinski definition) is 4. The maximum absolute atomic E-state index is 11.6. The van der Waals surface area contributed by atoms with E-state index in [0.717, 1.165) is 5.56 Å². The van der Waals surface area contributed by atoms with E-state index in [-0.39, 0.29) is 11.9 Å². The number of amides is 1. The second-order valence-corrected chi connectivity index (χ2v) is 3.67. The van der Waals surface area contributed by atoms with Crippen molar-refractivity contribution in [1.82, 2.24) is 20.8 Å². The van der Waals surface area contributed by atoms with Gasteiger partial charge in [0.25, 0.3) is 0 Å². The molecule has 0 aliphatic carbocycles. The summed E-state index contributed by atoms with van der Waals surface area (Å²) < 4.78 is 0. The van der Waals surface area contributed by atoms with Gasteiger partial charge in [0.2, 0.25) is 5.91 Å². The highest BCUT2D eigenvalue weighted by atomic mass is 16.3. The number of carbonyl (C=O) groups excluding carboxylic acids is 1. The van der Waals surface area contributed by atoms with E-state index >= 15 is 0 Å². The van der Waals surface area contributed by atoms with E-state index < -0.39 is 6.10 Å². The molecule has 0 saturated carbocycles. The number of rotatable bonds is 3. The Morgan fingerprint density at radius 2 is 2.60 bits per heavy atom. The lowest BCUT2D eigenvalue weighted by atomic mass is 10.2. The van der Waals surface area contributed by atoms with Crippen LogP contribution in [-0.2, 0) is 11.3 Å². The van der Waals surface area contributed by atoms with Crippen LogP contribution in [0.3, 0.4) is 0 Å². The van der Waals surface area contributed by atoms with Crippen LogP contribution >= 0.6 is 0 Å². The lowest BCUT2D eigenvalue weighted by molar-refractivity contribution is -0.123. The lowest BCUT2D eigenvalue weighted by Crippen LogP contribution is -2.39. The van der Waals surface area contributed by atoms with Crippen LogP contribution < -0.4 is 10.6 Å². The second kappa shape index (κ2) is 4.41.